The number of amides is 1. The zero-order valence-corrected chi connectivity index (χ0v) is 14.0. The van der Waals surface area contributed by atoms with Crippen LogP contribution >= 0.6 is 12.4 Å². The monoisotopic (exact) mass is 358 g/mol. The zero-order valence-electron chi connectivity index (χ0n) is 13.2. The van der Waals surface area contributed by atoms with Crippen molar-refractivity contribution in [3.8, 4) is 0 Å². The topological polar surface area (TPSA) is 114 Å². The number of hydrogen-bond donors (Lipinski definition) is 3. The molecule has 3 N–H and O–H groups in total. The van der Waals surface area contributed by atoms with E-state index in [0.717, 1.165) is 0 Å². The summed E-state index contributed by atoms with van der Waals surface area (Å²) in [5.74, 6) is -1.64. The molecule has 1 aromatic rings. The summed E-state index contributed by atoms with van der Waals surface area (Å²) in [7, 11) is 2.43. The van der Waals surface area contributed by atoms with Crippen LogP contribution in [0.4, 0.5) is 5.69 Å². The van der Waals surface area contributed by atoms with E-state index in [9.17, 15) is 19.5 Å². The van der Waals surface area contributed by atoms with Gasteiger partial charge in [-0.1, -0.05) is 0 Å². The second-order valence-corrected chi connectivity index (χ2v) is 5.12. The number of ether oxygens (including phenoxy) is 2. The van der Waals surface area contributed by atoms with Gasteiger partial charge in [-0.15, -0.1) is 12.4 Å². The number of esters is 2. The molecule has 0 radical (unpaired) electrons. The molecular weight excluding hydrogens is 340 g/mol. The van der Waals surface area contributed by atoms with Crippen LogP contribution in [0.15, 0.2) is 18.2 Å². The van der Waals surface area contributed by atoms with Crippen LogP contribution in [0.25, 0.3) is 0 Å². The molecule has 2 atom stereocenters. The second kappa shape index (κ2) is 8.62. The van der Waals surface area contributed by atoms with Crippen molar-refractivity contribution in [3.05, 3.63) is 29.3 Å². The molecule has 1 aliphatic heterocycles. The van der Waals surface area contributed by atoms with E-state index in [2.05, 4.69) is 20.1 Å². The van der Waals surface area contributed by atoms with E-state index >= 15 is 0 Å². The van der Waals surface area contributed by atoms with Gasteiger partial charge in [0.15, 0.2) is 0 Å². The van der Waals surface area contributed by atoms with Gasteiger partial charge in [-0.2, -0.15) is 0 Å². The third-order valence-electron chi connectivity index (χ3n) is 3.47. The molecule has 1 aliphatic rings. The highest BCUT2D eigenvalue weighted by molar-refractivity contribution is 6.00. The van der Waals surface area contributed by atoms with Crippen LogP contribution in [-0.2, 0) is 14.3 Å². The van der Waals surface area contributed by atoms with Gasteiger partial charge in [-0.3, -0.25) is 4.79 Å². The van der Waals surface area contributed by atoms with Gasteiger partial charge < -0.3 is 25.2 Å². The van der Waals surface area contributed by atoms with Crippen LogP contribution in [0.3, 0.4) is 0 Å². The molecule has 2 rings (SSSR count). The molecule has 0 bridgehead atoms. The molecule has 24 heavy (non-hydrogen) atoms. The lowest BCUT2D eigenvalue weighted by molar-refractivity contribution is -0.117. The molecule has 2 unspecified atom stereocenters. The van der Waals surface area contributed by atoms with Crippen LogP contribution in [0.1, 0.15) is 27.1 Å². The van der Waals surface area contributed by atoms with Gasteiger partial charge in [-0.05, 0) is 24.6 Å². The molecule has 1 amide bonds. The fourth-order valence-electron chi connectivity index (χ4n) is 2.32. The number of carbonyl (C=O) groups excluding carboxylic acids is 3. The number of rotatable bonds is 4. The number of aliphatic hydroxyl groups is 1. The van der Waals surface area contributed by atoms with Crippen LogP contribution in [-0.4, -0.2) is 55.9 Å². The van der Waals surface area contributed by atoms with Gasteiger partial charge in [0, 0.05) is 12.2 Å². The molecule has 1 aromatic carbocycles. The summed E-state index contributed by atoms with van der Waals surface area (Å²) in [4.78, 5) is 35.5. The maximum Gasteiger partial charge on any atom is 0.337 e. The Labute approximate surface area is 144 Å². The van der Waals surface area contributed by atoms with Gasteiger partial charge in [0.1, 0.15) is 0 Å². The molecule has 8 nitrogen and oxygen atoms in total. The van der Waals surface area contributed by atoms with Crippen molar-refractivity contribution in [2.24, 2.45) is 0 Å². The minimum Gasteiger partial charge on any atom is -0.465 e. The quantitative estimate of drug-likeness (QED) is 0.665. The highest BCUT2D eigenvalue weighted by Crippen LogP contribution is 2.18. The smallest absolute Gasteiger partial charge is 0.337 e. The molecule has 0 aliphatic carbocycles. The summed E-state index contributed by atoms with van der Waals surface area (Å²) in [6.45, 7) is 0.341. The van der Waals surface area contributed by atoms with Crippen molar-refractivity contribution in [1.29, 1.82) is 0 Å². The molecule has 9 heteroatoms. The summed E-state index contributed by atoms with van der Waals surface area (Å²) in [6.07, 6.45) is -0.273. The molecular formula is C15H19ClN2O6. The number of hydrogen-bond acceptors (Lipinski definition) is 7. The van der Waals surface area contributed by atoms with E-state index < -0.39 is 24.1 Å². The van der Waals surface area contributed by atoms with E-state index in [-0.39, 0.29) is 35.1 Å². The first kappa shape index (κ1) is 19.9. The Morgan fingerprint density at radius 1 is 1.12 bits per heavy atom. The van der Waals surface area contributed by atoms with Crippen LogP contribution in [0.5, 0.6) is 0 Å². The Morgan fingerprint density at radius 2 is 1.67 bits per heavy atom. The Hall–Kier alpha value is -2.16. The average Bonchev–Trinajstić information content (AvgIpc) is 2.99. The van der Waals surface area contributed by atoms with Crippen LogP contribution in [0, 0.1) is 0 Å². The van der Waals surface area contributed by atoms with Crippen molar-refractivity contribution in [1.82, 2.24) is 5.32 Å². The highest BCUT2D eigenvalue weighted by atomic mass is 35.5. The fourth-order valence-corrected chi connectivity index (χ4v) is 2.32. The van der Waals surface area contributed by atoms with Gasteiger partial charge in [-0.25, -0.2) is 9.59 Å². The van der Waals surface area contributed by atoms with E-state index in [0.29, 0.717) is 13.0 Å². The first-order chi connectivity index (χ1) is 10.9. The summed E-state index contributed by atoms with van der Waals surface area (Å²) in [5.41, 5.74) is 0.497. The number of methoxy groups -OCH3 is 2. The van der Waals surface area contributed by atoms with Gasteiger partial charge >= 0.3 is 11.9 Å². The third-order valence-corrected chi connectivity index (χ3v) is 3.47. The molecule has 0 spiro atoms. The normalized spacial score (nSPS) is 19.1. The van der Waals surface area contributed by atoms with E-state index in [4.69, 9.17) is 0 Å². The Kier molecular flexibility index (Phi) is 7.15. The molecule has 1 saturated heterocycles. The Bertz CT molecular complexity index is 602. The summed E-state index contributed by atoms with van der Waals surface area (Å²) in [6, 6.07) is 3.60. The first-order valence-corrected chi connectivity index (χ1v) is 6.98. The Morgan fingerprint density at radius 3 is 2.08 bits per heavy atom. The number of anilines is 1. The maximum atomic E-state index is 12.1. The number of aliphatic hydroxyl groups excluding tert-OH is 1. The molecule has 1 heterocycles. The lowest BCUT2D eigenvalue weighted by Gasteiger charge is -2.13. The predicted molar refractivity (Wildman–Crippen MR) is 87.4 cm³/mol. The average molecular weight is 359 g/mol. The van der Waals surface area contributed by atoms with E-state index in [1.54, 1.807) is 0 Å². The lowest BCUT2D eigenvalue weighted by atomic mass is 10.1. The fraction of sp³-hybridized carbons (Fsp3) is 0.400. The zero-order chi connectivity index (χ0) is 17.0. The van der Waals surface area contributed by atoms with Crippen molar-refractivity contribution in [2.45, 2.75) is 18.6 Å². The van der Waals surface area contributed by atoms with Crippen LogP contribution in [0.2, 0.25) is 0 Å². The summed E-state index contributed by atoms with van der Waals surface area (Å²) >= 11 is 0. The standard InChI is InChI=1S/C15H18N2O6.ClH/c1-22-14(20)8-3-9(15(21)23-2)5-10(4-8)17-13(19)12-6-11(18)7-16-12;/h3-5,11-12,16,18H,6-7H2,1-2H3,(H,17,19);1H. The number of benzene rings is 1. The second-order valence-electron chi connectivity index (χ2n) is 5.12. The number of carbonyl (C=O) groups is 3. The lowest BCUT2D eigenvalue weighted by Crippen LogP contribution is -2.35. The van der Waals surface area contributed by atoms with Crippen LogP contribution < -0.4 is 10.6 Å². The van der Waals surface area contributed by atoms with Crippen molar-refractivity contribution < 1.29 is 29.0 Å². The van der Waals surface area contributed by atoms with Gasteiger partial charge in [0.2, 0.25) is 5.91 Å². The third kappa shape index (κ3) is 4.67. The number of halogens is 1. The van der Waals surface area contributed by atoms with Gasteiger partial charge in [0.05, 0.1) is 37.5 Å². The van der Waals surface area contributed by atoms with Crippen molar-refractivity contribution in [3.63, 3.8) is 0 Å². The minimum atomic E-state index is -0.638. The molecule has 0 aromatic heterocycles. The number of nitrogens with one attached hydrogen (secondary N) is 2. The number of β-amino-alcohol motifs (C(OH)–C–C–N with tert-alkyl or cyclic N) is 1. The molecule has 0 saturated carbocycles. The SMILES string of the molecule is COC(=O)c1cc(NC(=O)C2CC(O)CN2)cc(C(=O)OC)c1.Cl. The van der Waals surface area contributed by atoms with Crippen molar-refractivity contribution >= 4 is 35.9 Å². The Balaban J connectivity index is 0.00000288. The summed E-state index contributed by atoms with van der Waals surface area (Å²) < 4.78 is 9.26. The largest absolute Gasteiger partial charge is 0.465 e. The van der Waals surface area contributed by atoms with E-state index in [1.807, 2.05) is 0 Å². The van der Waals surface area contributed by atoms with E-state index in [1.165, 1.54) is 32.4 Å². The predicted octanol–water partition coefficient (Wildman–Crippen LogP) is 0.343. The minimum absolute atomic E-state index is 0. The highest BCUT2D eigenvalue weighted by Gasteiger charge is 2.28. The van der Waals surface area contributed by atoms with Crippen molar-refractivity contribution in [2.75, 3.05) is 26.1 Å². The summed E-state index contributed by atoms with van der Waals surface area (Å²) in [5, 5.41) is 14.9. The first-order valence-electron chi connectivity index (χ1n) is 6.98. The molecule has 1 fully saturated rings. The maximum absolute atomic E-state index is 12.1. The van der Waals surface area contributed by atoms with Gasteiger partial charge in [0.25, 0.3) is 0 Å². The molecule has 132 valence electrons.